The molecule has 1 heterocycles. The van der Waals surface area contributed by atoms with Crippen LogP contribution in [-0.2, 0) is 52.5 Å². The highest BCUT2D eigenvalue weighted by Gasteiger charge is 2.52. The molecule has 0 bridgehead atoms. The second-order valence-corrected chi connectivity index (χ2v) is 10.1. The quantitative estimate of drug-likeness (QED) is 0.128. The third-order valence-electron chi connectivity index (χ3n) is 6.36. The van der Waals surface area contributed by atoms with Crippen LogP contribution in [0.4, 0.5) is 0 Å². The molecule has 41 heavy (non-hydrogen) atoms. The van der Waals surface area contributed by atoms with E-state index in [1.165, 1.54) is 6.92 Å². The lowest BCUT2D eigenvalue weighted by Crippen LogP contribution is -2.67. The normalized spacial score (nSPS) is 21.8. The summed E-state index contributed by atoms with van der Waals surface area (Å²) in [7, 11) is 0. The van der Waals surface area contributed by atoms with E-state index in [9.17, 15) is 28.8 Å². The number of aliphatic carboxylic acids is 1. The molecule has 0 radical (unpaired) electrons. The minimum Gasteiger partial charge on any atom is -0.481 e. The van der Waals surface area contributed by atoms with E-state index in [0.29, 0.717) is 12.8 Å². The summed E-state index contributed by atoms with van der Waals surface area (Å²) >= 11 is 0. The van der Waals surface area contributed by atoms with Crippen LogP contribution in [0.3, 0.4) is 0 Å². The fourth-order valence-corrected chi connectivity index (χ4v) is 4.56. The Bertz CT molecular complexity index is 876. The number of hydrogen-bond donors (Lipinski definition) is 2. The van der Waals surface area contributed by atoms with Gasteiger partial charge in [-0.3, -0.25) is 28.8 Å². The molecule has 0 saturated carbocycles. The molecule has 1 aliphatic rings. The number of hydrogen-bond acceptors (Lipinski definition) is 11. The van der Waals surface area contributed by atoms with E-state index >= 15 is 0 Å². The molecular weight excluding hydrogens is 542 g/mol. The van der Waals surface area contributed by atoms with Crippen molar-refractivity contribution in [3.63, 3.8) is 0 Å². The molecule has 0 unspecified atom stereocenters. The fraction of sp³-hybridized carbons (Fsp3) is 0.786. The van der Waals surface area contributed by atoms with E-state index < -0.39 is 60.5 Å². The molecule has 1 aliphatic heterocycles. The Morgan fingerprint density at radius 1 is 0.634 bits per heavy atom. The van der Waals surface area contributed by atoms with Crippen molar-refractivity contribution in [2.24, 2.45) is 0 Å². The standard InChI is InChI=1S/C28H45NO12/c1-18(30)37-17-22-25(26(38-19(2)31)27(39-20(3)32)28(41-22)40-21(4)33)29-23(34)15-13-11-9-7-5-6-8-10-12-14-16-24(35)36/h22,25-28H,5-17H2,1-4H3,(H,29,34)(H,35,36)/t22-,25-,26+,27-,28-/m1/s1. The molecule has 13 heteroatoms. The predicted molar refractivity (Wildman–Crippen MR) is 143 cm³/mol. The second kappa shape index (κ2) is 19.8. The number of nitrogens with one attached hydrogen (secondary N) is 1. The van der Waals surface area contributed by atoms with Crippen LogP contribution < -0.4 is 5.32 Å². The molecule has 5 atom stereocenters. The third kappa shape index (κ3) is 16.0. The molecule has 1 amide bonds. The SMILES string of the molecule is CC(=O)OC[C@H]1O[C@@H](OC(C)=O)[C@H](OC(C)=O)[C@@H](OC(C)=O)[C@@H]1NC(=O)CCCCCCCCCCCCC(=O)O. The first-order valence-electron chi connectivity index (χ1n) is 14.2. The highest BCUT2D eigenvalue weighted by molar-refractivity contribution is 5.76. The van der Waals surface area contributed by atoms with Gasteiger partial charge in [0, 0.05) is 40.5 Å². The zero-order valence-corrected chi connectivity index (χ0v) is 24.5. The van der Waals surface area contributed by atoms with Crippen LogP contribution in [0.2, 0.25) is 0 Å². The van der Waals surface area contributed by atoms with Crippen molar-refractivity contribution < 1.29 is 57.6 Å². The van der Waals surface area contributed by atoms with Crippen molar-refractivity contribution >= 4 is 35.8 Å². The first-order valence-corrected chi connectivity index (χ1v) is 14.2. The molecule has 2 N–H and O–H groups in total. The first kappa shape index (κ1) is 35.8. The van der Waals surface area contributed by atoms with E-state index in [1.807, 2.05) is 0 Å². The lowest BCUT2D eigenvalue weighted by Gasteiger charge is -2.44. The number of rotatable bonds is 19. The number of carbonyl (C=O) groups excluding carboxylic acids is 5. The molecule has 13 nitrogen and oxygen atoms in total. The topological polar surface area (TPSA) is 181 Å². The number of carboxylic acids is 1. The van der Waals surface area contributed by atoms with Gasteiger partial charge in [0.25, 0.3) is 0 Å². The van der Waals surface area contributed by atoms with Crippen LogP contribution in [0.5, 0.6) is 0 Å². The molecule has 0 aromatic carbocycles. The lowest BCUT2D eigenvalue weighted by atomic mass is 9.95. The molecule has 0 spiro atoms. The van der Waals surface area contributed by atoms with E-state index in [2.05, 4.69) is 5.32 Å². The highest BCUT2D eigenvalue weighted by atomic mass is 16.7. The maximum absolute atomic E-state index is 12.9. The number of amides is 1. The number of carboxylic acid groups (broad SMARTS) is 1. The molecule has 0 aromatic heterocycles. The Hall–Kier alpha value is -3.22. The fourth-order valence-electron chi connectivity index (χ4n) is 4.56. The summed E-state index contributed by atoms with van der Waals surface area (Å²) in [6, 6.07) is -1.07. The summed E-state index contributed by atoms with van der Waals surface area (Å²) in [5.41, 5.74) is 0. The zero-order chi connectivity index (χ0) is 30.8. The Labute approximate surface area is 240 Å². The van der Waals surface area contributed by atoms with Gasteiger partial charge in [-0.2, -0.15) is 0 Å². The number of ether oxygens (including phenoxy) is 5. The van der Waals surface area contributed by atoms with Crippen LogP contribution in [0.1, 0.15) is 105 Å². The van der Waals surface area contributed by atoms with Crippen molar-refractivity contribution in [1.29, 1.82) is 0 Å². The first-order chi connectivity index (χ1) is 19.4. The van der Waals surface area contributed by atoms with E-state index in [4.69, 9.17) is 28.8 Å². The summed E-state index contributed by atoms with van der Waals surface area (Å²) in [5.74, 6) is -3.98. The van der Waals surface area contributed by atoms with Crippen molar-refractivity contribution in [3.05, 3.63) is 0 Å². The van der Waals surface area contributed by atoms with Crippen LogP contribution in [0, 0.1) is 0 Å². The molecule has 1 fully saturated rings. The molecule has 0 aromatic rings. The Kier molecular flexibility index (Phi) is 17.3. The van der Waals surface area contributed by atoms with Crippen LogP contribution in [-0.4, -0.2) is 78.1 Å². The largest absolute Gasteiger partial charge is 0.481 e. The van der Waals surface area contributed by atoms with Gasteiger partial charge in [-0.05, 0) is 12.8 Å². The average Bonchev–Trinajstić information content (AvgIpc) is 2.86. The monoisotopic (exact) mass is 587 g/mol. The van der Waals surface area contributed by atoms with Gasteiger partial charge in [0.15, 0.2) is 6.10 Å². The Balaban J connectivity index is 2.69. The number of unbranched alkanes of at least 4 members (excludes halogenated alkanes) is 9. The van der Waals surface area contributed by atoms with Crippen LogP contribution >= 0.6 is 0 Å². The summed E-state index contributed by atoms with van der Waals surface area (Å²) < 4.78 is 26.7. The van der Waals surface area contributed by atoms with Crippen molar-refractivity contribution in [1.82, 2.24) is 5.32 Å². The average molecular weight is 588 g/mol. The highest BCUT2D eigenvalue weighted by Crippen LogP contribution is 2.28. The molecule has 0 aliphatic carbocycles. The Morgan fingerprint density at radius 3 is 1.56 bits per heavy atom. The van der Waals surface area contributed by atoms with E-state index in [0.717, 1.165) is 72.1 Å². The smallest absolute Gasteiger partial charge is 0.305 e. The maximum Gasteiger partial charge on any atom is 0.305 e. The predicted octanol–water partition coefficient (Wildman–Crippen LogP) is 2.95. The lowest BCUT2D eigenvalue weighted by molar-refractivity contribution is -0.278. The summed E-state index contributed by atoms with van der Waals surface area (Å²) in [6.07, 6.45) is 4.56. The van der Waals surface area contributed by atoms with Gasteiger partial charge < -0.3 is 34.1 Å². The van der Waals surface area contributed by atoms with Gasteiger partial charge in [-0.25, -0.2) is 0 Å². The molecule has 234 valence electrons. The van der Waals surface area contributed by atoms with Crippen LogP contribution in [0.25, 0.3) is 0 Å². The molecule has 1 saturated heterocycles. The molecule has 1 rings (SSSR count). The number of esters is 4. The maximum atomic E-state index is 12.9. The zero-order valence-electron chi connectivity index (χ0n) is 24.5. The van der Waals surface area contributed by atoms with Crippen molar-refractivity contribution in [2.45, 2.75) is 135 Å². The third-order valence-corrected chi connectivity index (χ3v) is 6.36. The summed E-state index contributed by atoms with van der Waals surface area (Å²) in [4.78, 5) is 70.3. The summed E-state index contributed by atoms with van der Waals surface area (Å²) in [6.45, 7) is 4.22. The van der Waals surface area contributed by atoms with Gasteiger partial charge >= 0.3 is 29.8 Å². The Morgan fingerprint density at radius 2 is 1.10 bits per heavy atom. The van der Waals surface area contributed by atoms with Gasteiger partial charge in [0.2, 0.25) is 18.3 Å². The van der Waals surface area contributed by atoms with Crippen molar-refractivity contribution in [3.8, 4) is 0 Å². The minimum atomic E-state index is -1.47. The van der Waals surface area contributed by atoms with E-state index in [-0.39, 0.29) is 25.4 Å². The van der Waals surface area contributed by atoms with Gasteiger partial charge in [-0.1, -0.05) is 51.4 Å². The molecular formula is C28H45NO12. The number of carbonyl (C=O) groups is 6. The van der Waals surface area contributed by atoms with E-state index in [1.54, 1.807) is 0 Å². The second-order valence-electron chi connectivity index (χ2n) is 10.1. The van der Waals surface area contributed by atoms with Gasteiger partial charge in [0.05, 0.1) is 6.04 Å². The minimum absolute atomic E-state index is 0.179. The van der Waals surface area contributed by atoms with Crippen LogP contribution in [0.15, 0.2) is 0 Å². The van der Waals surface area contributed by atoms with Gasteiger partial charge in [-0.15, -0.1) is 0 Å². The van der Waals surface area contributed by atoms with Gasteiger partial charge in [0.1, 0.15) is 12.7 Å². The summed E-state index contributed by atoms with van der Waals surface area (Å²) in [5, 5.41) is 11.4. The van der Waals surface area contributed by atoms with Crippen molar-refractivity contribution in [2.75, 3.05) is 6.61 Å².